The predicted octanol–water partition coefficient (Wildman–Crippen LogP) is 3.48. The van der Waals surface area contributed by atoms with Crippen molar-refractivity contribution in [2.45, 2.75) is 53.1 Å². The number of rotatable bonds is 2. The first kappa shape index (κ1) is 10.5. The van der Waals surface area contributed by atoms with E-state index in [0.717, 1.165) is 11.8 Å². The second kappa shape index (κ2) is 2.98. The van der Waals surface area contributed by atoms with Crippen LogP contribution in [-0.2, 0) is 4.74 Å². The van der Waals surface area contributed by atoms with Gasteiger partial charge in [-0.05, 0) is 41.9 Å². The third kappa shape index (κ3) is 0.946. The fourth-order valence-electron chi connectivity index (χ4n) is 4.39. The van der Waals surface area contributed by atoms with E-state index in [2.05, 4.69) is 27.7 Å². The van der Waals surface area contributed by atoms with Crippen molar-refractivity contribution in [3.63, 3.8) is 0 Å². The van der Waals surface area contributed by atoms with Gasteiger partial charge < -0.3 is 4.74 Å². The standard InChI is InChI=1S/C13H24O/c1-9(2)13(4)10-6-7-12(13,3)11(8-10)14-5/h9-11H,6-8H2,1-5H3. The van der Waals surface area contributed by atoms with Gasteiger partial charge in [-0.1, -0.05) is 27.7 Å². The van der Waals surface area contributed by atoms with Crippen molar-refractivity contribution in [3.05, 3.63) is 0 Å². The van der Waals surface area contributed by atoms with Crippen LogP contribution in [-0.4, -0.2) is 13.2 Å². The third-order valence-corrected chi connectivity index (χ3v) is 5.78. The zero-order valence-corrected chi connectivity index (χ0v) is 10.3. The van der Waals surface area contributed by atoms with Crippen LogP contribution in [0, 0.1) is 22.7 Å². The number of hydrogen-bond donors (Lipinski definition) is 0. The molecule has 1 heteroatoms. The summed E-state index contributed by atoms with van der Waals surface area (Å²) in [5.74, 6) is 1.68. The molecule has 2 aliphatic rings. The molecular formula is C13H24O. The Morgan fingerprint density at radius 1 is 1.29 bits per heavy atom. The van der Waals surface area contributed by atoms with Crippen molar-refractivity contribution < 1.29 is 4.74 Å². The molecule has 0 aromatic heterocycles. The van der Waals surface area contributed by atoms with E-state index in [4.69, 9.17) is 4.74 Å². The van der Waals surface area contributed by atoms with Crippen molar-refractivity contribution in [3.8, 4) is 0 Å². The lowest BCUT2D eigenvalue weighted by molar-refractivity contribution is -0.0406. The molecule has 0 aliphatic heterocycles. The van der Waals surface area contributed by atoms with Crippen molar-refractivity contribution in [1.29, 1.82) is 0 Å². The summed E-state index contributed by atoms with van der Waals surface area (Å²) in [7, 11) is 1.89. The van der Waals surface area contributed by atoms with Gasteiger partial charge in [-0.25, -0.2) is 0 Å². The minimum Gasteiger partial charge on any atom is -0.381 e. The molecule has 0 amide bonds. The molecular weight excluding hydrogens is 172 g/mol. The molecule has 0 spiro atoms. The van der Waals surface area contributed by atoms with E-state index in [1.54, 1.807) is 0 Å². The quantitative estimate of drug-likeness (QED) is 0.657. The Balaban J connectivity index is 2.37. The number of methoxy groups -OCH3 is 1. The normalized spacial score (nSPS) is 51.9. The summed E-state index contributed by atoms with van der Waals surface area (Å²) in [6.07, 6.45) is 4.59. The Hall–Kier alpha value is -0.0400. The number of hydrogen-bond acceptors (Lipinski definition) is 1. The molecule has 0 saturated heterocycles. The molecule has 0 radical (unpaired) electrons. The van der Waals surface area contributed by atoms with Gasteiger partial charge in [0.1, 0.15) is 0 Å². The van der Waals surface area contributed by atoms with E-state index in [-0.39, 0.29) is 0 Å². The molecule has 2 rings (SSSR count). The predicted molar refractivity (Wildman–Crippen MR) is 59.2 cm³/mol. The van der Waals surface area contributed by atoms with E-state index in [0.29, 0.717) is 16.9 Å². The maximum atomic E-state index is 5.69. The summed E-state index contributed by atoms with van der Waals surface area (Å²) >= 11 is 0. The lowest BCUT2D eigenvalue weighted by Gasteiger charge is -2.44. The summed E-state index contributed by atoms with van der Waals surface area (Å²) in [5, 5.41) is 0. The van der Waals surface area contributed by atoms with E-state index in [1.807, 2.05) is 7.11 Å². The van der Waals surface area contributed by atoms with Gasteiger partial charge in [-0.2, -0.15) is 0 Å². The van der Waals surface area contributed by atoms with Crippen LogP contribution in [0.1, 0.15) is 47.0 Å². The van der Waals surface area contributed by atoms with Gasteiger partial charge in [-0.15, -0.1) is 0 Å². The van der Waals surface area contributed by atoms with Gasteiger partial charge in [0, 0.05) is 7.11 Å². The lowest BCUT2D eigenvalue weighted by atomic mass is 9.62. The minimum absolute atomic E-state index is 0.431. The fraction of sp³-hybridized carbons (Fsp3) is 1.00. The van der Waals surface area contributed by atoms with Gasteiger partial charge in [0.05, 0.1) is 6.10 Å². The lowest BCUT2D eigenvalue weighted by Crippen LogP contribution is -2.41. The highest BCUT2D eigenvalue weighted by atomic mass is 16.5. The molecule has 2 aliphatic carbocycles. The molecule has 4 unspecified atom stereocenters. The first-order valence-electron chi connectivity index (χ1n) is 5.99. The maximum absolute atomic E-state index is 5.69. The monoisotopic (exact) mass is 196 g/mol. The highest BCUT2D eigenvalue weighted by Gasteiger charge is 2.64. The van der Waals surface area contributed by atoms with Crippen molar-refractivity contribution >= 4 is 0 Å². The van der Waals surface area contributed by atoms with Crippen molar-refractivity contribution in [1.82, 2.24) is 0 Å². The second-order valence-corrected chi connectivity index (χ2v) is 6.05. The first-order chi connectivity index (χ1) is 6.46. The van der Waals surface area contributed by atoms with E-state index in [1.165, 1.54) is 19.3 Å². The molecule has 0 aromatic rings. The molecule has 0 N–H and O–H groups in total. The molecule has 14 heavy (non-hydrogen) atoms. The summed E-state index contributed by atoms with van der Waals surface area (Å²) in [6, 6.07) is 0. The van der Waals surface area contributed by atoms with Gasteiger partial charge >= 0.3 is 0 Å². The Kier molecular flexibility index (Phi) is 2.23. The van der Waals surface area contributed by atoms with Crippen molar-refractivity contribution in [2.24, 2.45) is 22.7 Å². The molecule has 2 fully saturated rings. The Bertz CT molecular complexity index is 235. The Morgan fingerprint density at radius 2 is 1.93 bits per heavy atom. The zero-order chi connectivity index (χ0) is 10.6. The summed E-state index contributed by atoms with van der Waals surface area (Å²) in [6.45, 7) is 9.71. The SMILES string of the molecule is COC1CC2CCC1(C)C2(C)C(C)C. The van der Waals surface area contributed by atoms with E-state index >= 15 is 0 Å². The molecule has 0 aromatic carbocycles. The van der Waals surface area contributed by atoms with Crippen LogP contribution in [0.5, 0.6) is 0 Å². The molecule has 0 heterocycles. The van der Waals surface area contributed by atoms with E-state index < -0.39 is 0 Å². The summed E-state index contributed by atoms with van der Waals surface area (Å²) in [5.41, 5.74) is 0.939. The van der Waals surface area contributed by atoms with Crippen LogP contribution in [0.4, 0.5) is 0 Å². The molecule has 82 valence electrons. The van der Waals surface area contributed by atoms with Crippen LogP contribution in [0.3, 0.4) is 0 Å². The highest BCUT2D eigenvalue weighted by Crippen LogP contribution is 2.69. The van der Waals surface area contributed by atoms with Crippen LogP contribution in [0.2, 0.25) is 0 Å². The average Bonchev–Trinajstić information content (AvgIpc) is 2.52. The topological polar surface area (TPSA) is 9.23 Å². The van der Waals surface area contributed by atoms with Gasteiger partial charge in [0.25, 0.3) is 0 Å². The number of ether oxygens (including phenoxy) is 1. The van der Waals surface area contributed by atoms with Gasteiger partial charge in [-0.3, -0.25) is 0 Å². The number of fused-ring (bicyclic) bond motifs is 2. The average molecular weight is 196 g/mol. The zero-order valence-electron chi connectivity index (χ0n) is 10.3. The van der Waals surface area contributed by atoms with Crippen molar-refractivity contribution in [2.75, 3.05) is 7.11 Å². The Labute approximate surface area is 88.2 Å². The van der Waals surface area contributed by atoms with Gasteiger partial charge in [0.2, 0.25) is 0 Å². The highest BCUT2D eigenvalue weighted by molar-refractivity contribution is 5.13. The smallest absolute Gasteiger partial charge is 0.0633 e. The van der Waals surface area contributed by atoms with Crippen LogP contribution in [0.25, 0.3) is 0 Å². The maximum Gasteiger partial charge on any atom is 0.0633 e. The first-order valence-corrected chi connectivity index (χ1v) is 5.99. The minimum atomic E-state index is 0.431. The molecule has 2 saturated carbocycles. The summed E-state index contributed by atoms with van der Waals surface area (Å²) in [4.78, 5) is 0. The summed E-state index contributed by atoms with van der Waals surface area (Å²) < 4.78 is 5.69. The van der Waals surface area contributed by atoms with E-state index in [9.17, 15) is 0 Å². The van der Waals surface area contributed by atoms with Crippen LogP contribution >= 0.6 is 0 Å². The Morgan fingerprint density at radius 3 is 2.29 bits per heavy atom. The molecule has 1 nitrogen and oxygen atoms in total. The fourth-order valence-corrected chi connectivity index (χ4v) is 4.39. The van der Waals surface area contributed by atoms with Gasteiger partial charge in [0.15, 0.2) is 0 Å². The van der Waals surface area contributed by atoms with Crippen LogP contribution in [0.15, 0.2) is 0 Å². The largest absolute Gasteiger partial charge is 0.381 e. The second-order valence-electron chi connectivity index (χ2n) is 6.05. The third-order valence-electron chi connectivity index (χ3n) is 5.78. The molecule has 4 atom stereocenters. The van der Waals surface area contributed by atoms with Crippen LogP contribution < -0.4 is 0 Å². The molecule has 2 bridgehead atoms.